The summed E-state index contributed by atoms with van der Waals surface area (Å²) in [6.07, 6.45) is 7.38. The van der Waals surface area contributed by atoms with E-state index < -0.39 is 36.3 Å². The first-order valence-electron chi connectivity index (χ1n) is 16.5. The Hall–Kier alpha value is -4.60. The number of aromatic nitrogens is 2. The zero-order valence-corrected chi connectivity index (χ0v) is 33.8. The number of nitrogens with zero attached hydrogens (tertiary/aromatic N) is 2. The highest BCUT2D eigenvalue weighted by molar-refractivity contribution is 9.10. The fourth-order valence-electron chi connectivity index (χ4n) is 5.26. The molecule has 0 unspecified atom stereocenters. The average molecular weight is 848 g/mol. The second-order valence-corrected chi connectivity index (χ2v) is 19.6. The van der Waals surface area contributed by atoms with E-state index in [1.165, 1.54) is 24.6 Å². The molecule has 0 aliphatic carbocycles. The highest BCUT2D eigenvalue weighted by Crippen LogP contribution is 2.37. The Labute approximate surface area is 331 Å². The number of hydrogen-bond acceptors (Lipinski definition) is 10. The molecule has 0 spiro atoms. The largest absolute Gasteiger partial charge is 0.488 e. The molecule has 14 heteroatoms. The van der Waals surface area contributed by atoms with E-state index in [0.29, 0.717) is 28.4 Å². The SMILES string of the molecule is C.CC(C)(c1cc(-c2cccc(C=O)c2)c2ncccc2c1)S(C)(=O)=O.CC(C)(c1cc(Br)c2ncccc2c1)S(C)(=O)=O.O=Cc1cccc(B(O)O)c1. The van der Waals surface area contributed by atoms with Gasteiger partial charge in [0.25, 0.3) is 0 Å². The third-order valence-electron chi connectivity index (χ3n) is 9.29. The van der Waals surface area contributed by atoms with Crippen molar-refractivity contribution in [1.82, 2.24) is 9.97 Å². The molecule has 6 rings (SSSR count). The standard InChI is InChI=1S/C20H19NO3S.C13H14BrNO2S.C7H7BO3.CH4/c1-20(2,25(3,23)24)17-11-16-8-5-9-21-19(16)18(12-17)15-7-4-6-14(10-15)13-22;1-13(2,18(3,16)17)10-7-9-5-4-6-15-12(9)11(14)8-10;9-5-6-2-1-3-7(4-6)8(10)11;/h4-13H,1-3H3;4-8H,1-3H3;1-5,10-11H;1H4. The van der Waals surface area contributed by atoms with Crippen molar-refractivity contribution in [3.8, 4) is 11.1 Å². The molecule has 10 nitrogen and oxygen atoms in total. The minimum Gasteiger partial charge on any atom is -0.423 e. The Morgan fingerprint density at radius 3 is 1.62 bits per heavy atom. The number of benzene rings is 4. The molecule has 2 N–H and O–H groups in total. The van der Waals surface area contributed by atoms with Gasteiger partial charge in [0, 0.05) is 56.8 Å². The minimum absolute atomic E-state index is 0. The third-order valence-corrected chi connectivity index (χ3v) is 14.1. The first-order valence-corrected chi connectivity index (χ1v) is 21.1. The molecular formula is C41H44BBrN2O8S2. The van der Waals surface area contributed by atoms with Crippen LogP contribution in [0.4, 0.5) is 0 Å². The summed E-state index contributed by atoms with van der Waals surface area (Å²) in [4.78, 5) is 30.1. The van der Waals surface area contributed by atoms with Crippen molar-refractivity contribution in [2.24, 2.45) is 0 Å². The molecule has 0 amide bonds. The number of carbonyl (C=O) groups excluding carboxylic acids is 2. The van der Waals surface area contributed by atoms with E-state index >= 15 is 0 Å². The molecule has 55 heavy (non-hydrogen) atoms. The summed E-state index contributed by atoms with van der Waals surface area (Å²) in [5.74, 6) is 0. The van der Waals surface area contributed by atoms with Crippen LogP contribution in [0.2, 0.25) is 0 Å². The van der Waals surface area contributed by atoms with Crippen molar-refractivity contribution in [3.05, 3.63) is 136 Å². The van der Waals surface area contributed by atoms with Gasteiger partial charge in [0.15, 0.2) is 19.7 Å². The van der Waals surface area contributed by atoms with Gasteiger partial charge >= 0.3 is 7.12 Å². The van der Waals surface area contributed by atoms with Gasteiger partial charge in [-0.3, -0.25) is 19.6 Å². The van der Waals surface area contributed by atoms with E-state index in [4.69, 9.17) is 10.0 Å². The van der Waals surface area contributed by atoms with Gasteiger partial charge in [-0.1, -0.05) is 62.0 Å². The van der Waals surface area contributed by atoms with Crippen LogP contribution in [-0.2, 0) is 29.2 Å². The van der Waals surface area contributed by atoms with E-state index in [1.807, 2.05) is 60.7 Å². The highest BCUT2D eigenvalue weighted by Gasteiger charge is 2.34. The summed E-state index contributed by atoms with van der Waals surface area (Å²) >= 11 is 3.45. The molecular weight excluding hydrogens is 803 g/mol. The minimum atomic E-state index is -3.31. The van der Waals surface area contributed by atoms with Crippen LogP contribution in [0.5, 0.6) is 0 Å². The van der Waals surface area contributed by atoms with Gasteiger partial charge < -0.3 is 10.0 Å². The molecule has 2 heterocycles. The van der Waals surface area contributed by atoms with Gasteiger partial charge in [0.1, 0.15) is 12.6 Å². The lowest BCUT2D eigenvalue weighted by Crippen LogP contribution is -2.29. The second kappa shape index (κ2) is 17.9. The molecule has 2 aromatic heterocycles. The average Bonchev–Trinajstić information content (AvgIpc) is 3.14. The first-order chi connectivity index (χ1) is 25.2. The van der Waals surface area contributed by atoms with E-state index in [0.717, 1.165) is 49.3 Å². The molecule has 0 fully saturated rings. The van der Waals surface area contributed by atoms with E-state index in [2.05, 4.69) is 25.9 Å². The number of hydrogen-bond donors (Lipinski definition) is 2. The summed E-state index contributed by atoms with van der Waals surface area (Å²) in [6.45, 7) is 6.83. The predicted octanol–water partition coefficient (Wildman–Crippen LogP) is 7.09. The van der Waals surface area contributed by atoms with Gasteiger partial charge in [-0.2, -0.15) is 0 Å². The number of pyridine rings is 2. The second-order valence-electron chi connectivity index (χ2n) is 13.6. The Balaban J connectivity index is 0.000000237. The molecule has 0 radical (unpaired) electrons. The quantitative estimate of drug-likeness (QED) is 0.119. The number of sulfone groups is 2. The lowest BCUT2D eigenvalue weighted by atomic mass is 9.80. The van der Waals surface area contributed by atoms with Gasteiger partial charge in [0.2, 0.25) is 0 Å². The molecule has 0 saturated carbocycles. The molecule has 0 saturated heterocycles. The van der Waals surface area contributed by atoms with Crippen LogP contribution in [0.25, 0.3) is 32.9 Å². The Bertz CT molecular complexity index is 2560. The zero-order valence-electron chi connectivity index (χ0n) is 30.6. The maximum Gasteiger partial charge on any atom is 0.488 e. The summed E-state index contributed by atoms with van der Waals surface area (Å²) < 4.78 is 47.2. The first kappa shape index (κ1) is 44.8. The summed E-state index contributed by atoms with van der Waals surface area (Å²) in [5, 5.41) is 19.2. The van der Waals surface area contributed by atoms with Crippen LogP contribution in [0, 0.1) is 0 Å². The predicted molar refractivity (Wildman–Crippen MR) is 226 cm³/mol. The fraction of sp³-hybridized carbons (Fsp3) is 0.220. The van der Waals surface area contributed by atoms with Crippen molar-refractivity contribution in [1.29, 1.82) is 0 Å². The van der Waals surface area contributed by atoms with Gasteiger partial charge in [0.05, 0.1) is 20.5 Å². The van der Waals surface area contributed by atoms with Crippen molar-refractivity contribution < 1.29 is 36.5 Å². The van der Waals surface area contributed by atoms with Gasteiger partial charge in [-0.15, -0.1) is 0 Å². The van der Waals surface area contributed by atoms with Crippen LogP contribution in [0.3, 0.4) is 0 Å². The van der Waals surface area contributed by atoms with Crippen LogP contribution < -0.4 is 5.46 Å². The van der Waals surface area contributed by atoms with Crippen molar-refractivity contribution in [2.45, 2.75) is 44.6 Å². The van der Waals surface area contributed by atoms with Crippen molar-refractivity contribution in [2.75, 3.05) is 12.5 Å². The normalized spacial score (nSPS) is 11.7. The smallest absolute Gasteiger partial charge is 0.423 e. The molecule has 4 aromatic carbocycles. The Morgan fingerprint density at radius 2 is 1.11 bits per heavy atom. The lowest BCUT2D eigenvalue weighted by molar-refractivity contribution is 0.111. The maximum absolute atomic E-state index is 12.3. The summed E-state index contributed by atoms with van der Waals surface area (Å²) in [6, 6.07) is 28.3. The molecule has 288 valence electrons. The molecule has 6 aromatic rings. The van der Waals surface area contributed by atoms with E-state index in [-0.39, 0.29) is 7.43 Å². The van der Waals surface area contributed by atoms with Crippen LogP contribution in [0.1, 0.15) is 67.0 Å². The summed E-state index contributed by atoms with van der Waals surface area (Å²) in [5.41, 5.74) is 6.05. The number of rotatable bonds is 8. The molecule has 0 bridgehead atoms. The van der Waals surface area contributed by atoms with Crippen molar-refractivity contribution >= 4 is 82.6 Å². The third kappa shape index (κ3) is 10.4. The van der Waals surface area contributed by atoms with E-state index in [1.54, 1.807) is 64.4 Å². The molecule has 0 aliphatic heterocycles. The molecule has 0 atom stereocenters. The lowest BCUT2D eigenvalue weighted by Gasteiger charge is -2.24. The number of halogens is 1. The Morgan fingerprint density at radius 1 is 0.636 bits per heavy atom. The van der Waals surface area contributed by atoms with Gasteiger partial charge in [-0.05, 0) is 108 Å². The summed E-state index contributed by atoms with van der Waals surface area (Å²) in [7, 11) is -8.00. The maximum atomic E-state index is 12.3. The van der Waals surface area contributed by atoms with Crippen LogP contribution in [0.15, 0.2) is 114 Å². The van der Waals surface area contributed by atoms with Crippen molar-refractivity contribution in [3.63, 3.8) is 0 Å². The Kier molecular flexibility index (Phi) is 14.6. The number of aldehydes is 2. The monoisotopic (exact) mass is 846 g/mol. The van der Waals surface area contributed by atoms with Crippen LogP contribution in [-0.4, -0.2) is 69.1 Å². The van der Waals surface area contributed by atoms with Crippen LogP contribution >= 0.6 is 15.9 Å². The number of carbonyl (C=O) groups is 2. The number of fused-ring (bicyclic) bond motifs is 2. The fourth-order valence-corrected chi connectivity index (χ4v) is 6.93. The van der Waals surface area contributed by atoms with Gasteiger partial charge in [-0.25, -0.2) is 16.8 Å². The highest BCUT2D eigenvalue weighted by atomic mass is 79.9. The molecule has 0 aliphatic rings. The topological polar surface area (TPSA) is 169 Å². The zero-order chi connectivity index (χ0) is 40.1. The van der Waals surface area contributed by atoms with E-state index in [9.17, 15) is 26.4 Å².